The van der Waals surface area contributed by atoms with Gasteiger partial charge in [-0.05, 0) is 42.5 Å². The highest BCUT2D eigenvalue weighted by molar-refractivity contribution is 7.80. The lowest BCUT2D eigenvalue weighted by Crippen LogP contribution is -2.19. The second-order valence-electron chi connectivity index (χ2n) is 3.11. The molecule has 0 radical (unpaired) electrons. The molecule has 2 rings (SSSR count). The van der Waals surface area contributed by atoms with Crippen molar-refractivity contribution >= 4 is 23.0 Å². The van der Waals surface area contributed by atoms with E-state index in [0.717, 1.165) is 11.4 Å². The van der Waals surface area contributed by atoms with Gasteiger partial charge in [0, 0.05) is 18.1 Å². The van der Waals surface area contributed by atoms with Gasteiger partial charge < -0.3 is 10.1 Å². The van der Waals surface area contributed by atoms with Gasteiger partial charge in [-0.15, -0.1) is 0 Å². The fraction of sp³-hybridized carbons (Fsp3) is 0.0909. The third kappa shape index (κ3) is 2.38. The molecule has 1 heterocycles. The maximum Gasteiger partial charge on any atom is 0.198 e. The monoisotopic (exact) mass is 233 g/mol. The number of thiocarbonyl (C=S) groups is 1. The molecule has 2 aromatic rings. The highest BCUT2D eigenvalue weighted by atomic mass is 32.1. The predicted molar refractivity (Wildman–Crippen MR) is 66.8 cm³/mol. The molecule has 0 atom stereocenters. The Hall–Kier alpha value is -1.88. The van der Waals surface area contributed by atoms with Crippen LogP contribution >= 0.6 is 12.2 Å². The van der Waals surface area contributed by atoms with Crippen molar-refractivity contribution in [1.82, 2.24) is 9.78 Å². The SMILES string of the molecule is COc1ccc(NC(=S)n2cccn2)cc1. The maximum absolute atomic E-state index is 5.18. The molecule has 0 aliphatic heterocycles. The normalized spacial score (nSPS) is 9.81. The smallest absolute Gasteiger partial charge is 0.198 e. The zero-order chi connectivity index (χ0) is 11.4. The minimum absolute atomic E-state index is 0.537. The van der Waals surface area contributed by atoms with Crippen molar-refractivity contribution in [2.24, 2.45) is 0 Å². The van der Waals surface area contributed by atoms with Crippen molar-refractivity contribution in [3.8, 4) is 5.75 Å². The van der Waals surface area contributed by atoms with Gasteiger partial charge in [-0.1, -0.05) is 0 Å². The molecule has 0 bridgehead atoms. The predicted octanol–water partition coefficient (Wildman–Crippen LogP) is 2.14. The van der Waals surface area contributed by atoms with E-state index in [0.29, 0.717) is 5.11 Å². The maximum atomic E-state index is 5.18. The molecule has 4 nitrogen and oxygen atoms in total. The Morgan fingerprint density at radius 2 is 2.12 bits per heavy atom. The van der Waals surface area contributed by atoms with Gasteiger partial charge >= 0.3 is 0 Å². The molecule has 0 aliphatic rings. The van der Waals surface area contributed by atoms with E-state index in [4.69, 9.17) is 17.0 Å². The van der Waals surface area contributed by atoms with Gasteiger partial charge in [0.15, 0.2) is 5.11 Å². The van der Waals surface area contributed by atoms with Crippen LogP contribution in [0.5, 0.6) is 5.75 Å². The van der Waals surface area contributed by atoms with Crippen LogP contribution < -0.4 is 10.1 Å². The fourth-order valence-electron chi connectivity index (χ4n) is 1.24. The number of rotatable bonds is 2. The number of methoxy groups -OCH3 is 1. The van der Waals surface area contributed by atoms with E-state index in [1.807, 2.05) is 30.3 Å². The van der Waals surface area contributed by atoms with Crippen LogP contribution in [0.15, 0.2) is 42.7 Å². The summed E-state index contributed by atoms with van der Waals surface area (Å²) in [4.78, 5) is 0. The van der Waals surface area contributed by atoms with E-state index >= 15 is 0 Å². The summed E-state index contributed by atoms with van der Waals surface area (Å²) in [6, 6.07) is 9.35. The zero-order valence-electron chi connectivity index (χ0n) is 8.75. The third-order valence-electron chi connectivity index (χ3n) is 2.05. The second-order valence-corrected chi connectivity index (χ2v) is 3.50. The average molecular weight is 233 g/mol. The molecular formula is C11H11N3OS. The Bertz CT molecular complexity index is 464. The van der Waals surface area contributed by atoms with Crippen molar-refractivity contribution < 1.29 is 4.74 Å². The Morgan fingerprint density at radius 1 is 1.38 bits per heavy atom. The zero-order valence-corrected chi connectivity index (χ0v) is 9.57. The molecular weight excluding hydrogens is 222 g/mol. The van der Waals surface area contributed by atoms with Crippen LogP contribution in [-0.4, -0.2) is 22.0 Å². The number of ether oxygens (including phenoxy) is 1. The van der Waals surface area contributed by atoms with E-state index in [1.165, 1.54) is 0 Å². The van der Waals surface area contributed by atoms with Crippen molar-refractivity contribution in [2.45, 2.75) is 0 Å². The van der Waals surface area contributed by atoms with Gasteiger partial charge in [-0.2, -0.15) is 5.10 Å². The molecule has 1 N–H and O–H groups in total. The first-order chi connectivity index (χ1) is 7.79. The summed E-state index contributed by atoms with van der Waals surface area (Å²) in [6.45, 7) is 0. The second kappa shape index (κ2) is 4.76. The third-order valence-corrected chi connectivity index (χ3v) is 2.34. The van der Waals surface area contributed by atoms with Crippen LogP contribution in [0.1, 0.15) is 0 Å². The number of benzene rings is 1. The molecule has 1 aromatic carbocycles. The topological polar surface area (TPSA) is 39.1 Å². The van der Waals surface area contributed by atoms with Crippen LogP contribution in [0.3, 0.4) is 0 Å². The number of aromatic nitrogens is 2. The molecule has 82 valence electrons. The summed E-state index contributed by atoms with van der Waals surface area (Å²) < 4.78 is 6.67. The van der Waals surface area contributed by atoms with Crippen molar-refractivity contribution in [3.63, 3.8) is 0 Å². The molecule has 0 fully saturated rings. The lowest BCUT2D eigenvalue weighted by molar-refractivity contribution is 0.415. The van der Waals surface area contributed by atoms with E-state index < -0.39 is 0 Å². The Labute approximate surface area is 98.8 Å². The minimum atomic E-state index is 0.537. The number of anilines is 1. The van der Waals surface area contributed by atoms with E-state index in [1.54, 1.807) is 24.2 Å². The molecule has 0 amide bonds. The van der Waals surface area contributed by atoms with Crippen LogP contribution in [0.4, 0.5) is 5.69 Å². The summed E-state index contributed by atoms with van der Waals surface area (Å²) in [5.41, 5.74) is 0.904. The lowest BCUT2D eigenvalue weighted by Gasteiger charge is -2.08. The number of nitrogens with zero attached hydrogens (tertiary/aromatic N) is 2. The van der Waals surface area contributed by atoms with Crippen LogP contribution in [0, 0.1) is 0 Å². The molecule has 16 heavy (non-hydrogen) atoms. The Morgan fingerprint density at radius 3 is 2.69 bits per heavy atom. The van der Waals surface area contributed by atoms with Gasteiger partial charge in [0.25, 0.3) is 0 Å². The molecule has 0 spiro atoms. The van der Waals surface area contributed by atoms with Crippen LogP contribution in [0.2, 0.25) is 0 Å². The lowest BCUT2D eigenvalue weighted by atomic mass is 10.3. The summed E-state index contributed by atoms with van der Waals surface area (Å²) in [5, 5.41) is 7.64. The van der Waals surface area contributed by atoms with Crippen LogP contribution in [-0.2, 0) is 0 Å². The first kappa shape index (κ1) is 10.6. The molecule has 0 saturated carbocycles. The standard InChI is InChI=1S/C11H11N3OS/c1-15-10-5-3-9(4-6-10)13-11(16)14-8-2-7-12-14/h2-8H,1H3,(H,13,16). The highest BCUT2D eigenvalue weighted by Crippen LogP contribution is 2.15. The van der Waals surface area contributed by atoms with Gasteiger partial charge in [-0.3, -0.25) is 0 Å². The quantitative estimate of drug-likeness (QED) is 0.807. The van der Waals surface area contributed by atoms with Gasteiger partial charge in [0.05, 0.1) is 7.11 Å². The van der Waals surface area contributed by atoms with Gasteiger partial charge in [0.1, 0.15) is 5.75 Å². The number of nitrogens with one attached hydrogen (secondary N) is 1. The first-order valence-corrected chi connectivity index (χ1v) is 5.15. The molecule has 0 aliphatic carbocycles. The highest BCUT2D eigenvalue weighted by Gasteiger charge is 2.00. The molecule has 1 aromatic heterocycles. The Kier molecular flexibility index (Phi) is 3.16. The van der Waals surface area contributed by atoms with E-state index in [9.17, 15) is 0 Å². The van der Waals surface area contributed by atoms with E-state index in [2.05, 4.69) is 10.4 Å². The van der Waals surface area contributed by atoms with Gasteiger partial charge in [-0.25, -0.2) is 4.68 Å². The van der Waals surface area contributed by atoms with Gasteiger partial charge in [0.2, 0.25) is 0 Å². The minimum Gasteiger partial charge on any atom is -0.497 e. The molecule has 0 saturated heterocycles. The first-order valence-electron chi connectivity index (χ1n) is 4.74. The van der Waals surface area contributed by atoms with Crippen molar-refractivity contribution in [1.29, 1.82) is 0 Å². The van der Waals surface area contributed by atoms with Crippen molar-refractivity contribution in [3.05, 3.63) is 42.7 Å². The molecule has 0 unspecified atom stereocenters. The van der Waals surface area contributed by atoms with E-state index in [-0.39, 0.29) is 0 Å². The van der Waals surface area contributed by atoms with Crippen LogP contribution in [0.25, 0.3) is 0 Å². The largest absolute Gasteiger partial charge is 0.497 e. The Balaban J connectivity index is 2.06. The summed E-state index contributed by atoms with van der Waals surface area (Å²) in [7, 11) is 1.64. The molecule has 5 heteroatoms. The number of hydrogen-bond donors (Lipinski definition) is 1. The summed E-state index contributed by atoms with van der Waals surface area (Å²) >= 11 is 5.18. The summed E-state index contributed by atoms with van der Waals surface area (Å²) in [6.07, 6.45) is 3.47. The average Bonchev–Trinajstić information content (AvgIpc) is 2.83. The number of hydrogen-bond acceptors (Lipinski definition) is 3. The summed E-state index contributed by atoms with van der Waals surface area (Å²) in [5.74, 6) is 0.815. The fourth-order valence-corrected chi connectivity index (χ4v) is 1.47. The van der Waals surface area contributed by atoms with Crippen molar-refractivity contribution in [2.75, 3.05) is 12.4 Å².